The Morgan fingerprint density at radius 3 is 2.60 bits per heavy atom. The molecule has 2 nitrogen and oxygen atoms in total. The van der Waals surface area contributed by atoms with Crippen LogP contribution < -0.4 is 5.32 Å². The van der Waals surface area contributed by atoms with E-state index in [1.165, 1.54) is 0 Å². The number of hydrogen-bond acceptors (Lipinski definition) is 2. The van der Waals surface area contributed by atoms with Crippen molar-refractivity contribution in [1.29, 1.82) is 0 Å². The summed E-state index contributed by atoms with van der Waals surface area (Å²) in [6.45, 7) is 2.00. The normalized spacial score (nSPS) is 15.8. The molecule has 2 atom stereocenters. The predicted molar refractivity (Wildman–Crippen MR) is 42.8 cm³/mol. The van der Waals surface area contributed by atoms with E-state index >= 15 is 0 Å². The van der Waals surface area contributed by atoms with Gasteiger partial charge in [0.25, 0.3) is 0 Å². The molecule has 0 aliphatic heterocycles. The number of terminal acetylenes is 1. The number of rotatable bonds is 4. The van der Waals surface area contributed by atoms with Crippen molar-refractivity contribution in [2.75, 3.05) is 14.2 Å². The van der Waals surface area contributed by atoms with Gasteiger partial charge in [0.2, 0.25) is 0 Å². The van der Waals surface area contributed by atoms with Crippen molar-refractivity contribution in [3.05, 3.63) is 0 Å². The summed E-state index contributed by atoms with van der Waals surface area (Å²) in [4.78, 5) is 0. The molecule has 0 rings (SSSR count). The molecule has 0 saturated carbocycles. The fourth-order valence-corrected chi connectivity index (χ4v) is 0.697. The highest BCUT2D eigenvalue weighted by molar-refractivity contribution is 4.98. The lowest BCUT2D eigenvalue weighted by Crippen LogP contribution is -2.27. The van der Waals surface area contributed by atoms with Crippen LogP contribution in [0.3, 0.4) is 0 Å². The van der Waals surface area contributed by atoms with Gasteiger partial charge in [0.05, 0.1) is 12.1 Å². The standard InChI is InChI=1S/C8H15NO/c1-5-8(9-3)6-7(2)10-4/h1,7-9H,6H2,2-4H3. The minimum atomic E-state index is 0.134. The van der Waals surface area contributed by atoms with Gasteiger partial charge in [0.15, 0.2) is 0 Å². The van der Waals surface area contributed by atoms with E-state index in [1.54, 1.807) is 7.11 Å². The van der Waals surface area contributed by atoms with E-state index in [0.29, 0.717) is 0 Å². The molecule has 0 amide bonds. The predicted octanol–water partition coefficient (Wildman–Crippen LogP) is 0.633. The molecule has 0 aromatic rings. The van der Waals surface area contributed by atoms with Gasteiger partial charge in [-0.25, -0.2) is 0 Å². The average Bonchev–Trinajstić information content (AvgIpc) is 1.99. The van der Waals surface area contributed by atoms with Crippen molar-refractivity contribution >= 4 is 0 Å². The van der Waals surface area contributed by atoms with Gasteiger partial charge in [-0.15, -0.1) is 6.42 Å². The second kappa shape index (κ2) is 5.28. The zero-order chi connectivity index (χ0) is 7.98. The third kappa shape index (κ3) is 3.49. The van der Waals surface area contributed by atoms with Crippen LogP contribution in [0.15, 0.2) is 0 Å². The Labute approximate surface area is 63.0 Å². The quantitative estimate of drug-likeness (QED) is 0.580. The lowest BCUT2D eigenvalue weighted by Gasteiger charge is -2.13. The largest absolute Gasteiger partial charge is 0.382 e. The van der Waals surface area contributed by atoms with Gasteiger partial charge >= 0.3 is 0 Å². The highest BCUT2D eigenvalue weighted by Gasteiger charge is 2.06. The average molecular weight is 141 g/mol. The molecular weight excluding hydrogens is 126 g/mol. The molecule has 58 valence electrons. The molecule has 0 bridgehead atoms. The Morgan fingerprint density at radius 2 is 2.30 bits per heavy atom. The molecular formula is C8H15NO. The maximum absolute atomic E-state index is 5.22. The van der Waals surface area contributed by atoms with Crippen LogP contribution in [-0.2, 0) is 4.74 Å². The first-order valence-corrected chi connectivity index (χ1v) is 3.40. The molecule has 0 aliphatic carbocycles. The Bertz CT molecular complexity index is 117. The molecule has 0 aromatic heterocycles. The van der Waals surface area contributed by atoms with E-state index in [-0.39, 0.29) is 12.1 Å². The van der Waals surface area contributed by atoms with Crippen molar-refractivity contribution in [3.63, 3.8) is 0 Å². The van der Waals surface area contributed by atoms with E-state index in [0.717, 1.165) is 6.42 Å². The van der Waals surface area contributed by atoms with E-state index < -0.39 is 0 Å². The van der Waals surface area contributed by atoms with Gasteiger partial charge < -0.3 is 10.1 Å². The minimum Gasteiger partial charge on any atom is -0.382 e. The highest BCUT2D eigenvalue weighted by atomic mass is 16.5. The van der Waals surface area contributed by atoms with Crippen LogP contribution in [0.5, 0.6) is 0 Å². The maximum Gasteiger partial charge on any atom is 0.0709 e. The summed E-state index contributed by atoms with van der Waals surface area (Å²) in [6.07, 6.45) is 6.31. The fourth-order valence-electron chi connectivity index (χ4n) is 0.697. The summed E-state index contributed by atoms with van der Waals surface area (Å²) < 4.78 is 5.05. The summed E-state index contributed by atoms with van der Waals surface area (Å²) in [5, 5.41) is 3.00. The molecule has 0 aliphatic rings. The van der Waals surface area contributed by atoms with E-state index in [9.17, 15) is 0 Å². The number of ether oxygens (including phenoxy) is 1. The molecule has 10 heavy (non-hydrogen) atoms. The summed E-state index contributed by atoms with van der Waals surface area (Å²) in [5.74, 6) is 2.63. The molecule has 2 heteroatoms. The van der Waals surface area contributed by atoms with Crippen LogP contribution in [0.25, 0.3) is 0 Å². The van der Waals surface area contributed by atoms with Gasteiger partial charge in [-0.1, -0.05) is 5.92 Å². The van der Waals surface area contributed by atoms with E-state index in [4.69, 9.17) is 11.2 Å². The molecule has 0 fully saturated rings. The summed E-state index contributed by atoms with van der Waals surface area (Å²) in [6, 6.07) is 0.134. The Balaban J connectivity index is 3.54. The Morgan fingerprint density at radius 1 is 1.70 bits per heavy atom. The van der Waals surface area contributed by atoms with Gasteiger partial charge in [0, 0.05) is 7.11 Å². The summed E-state index contributed by atoms with van der Waals surface area (Å²) in [5.41, 5.74) is 0. The minimum absolute atomic E-state index is 0.134. The monoisotopic (exact) mass is 141 g/mol. The van der Waals surface area contributed by atoms with E-state index in [1.807, 2.05) is 14.0 Å². The molecule has 2 unspecified atom stereocenters. The lowest BCUT2D eigenvalue weighted by molar-refractivity contribution is 0.106. The Hall–Kier alpha value is -0.520. The second-order valence-electron chi connectivity index (χ2n) is 2.29. The van der Waals surface area contributed by atoms with Gasteiger partial charge in [-0.05, 0) is 20.4 Å². The van der Waals surface area contributed by atoms with Crippen molar-refractivity contribution in [3.8, 4) is 12.3 Å². The van der Waals surface area contributed by atoms with Crippen molar-refractivity contribution in [2.24, 2.45) is 0 Å². The maximum atomic E-state index is 5.22. The van der Waals surface area contributed by atoms with Crippen LogP contribution in [0, 0.1) is 12.3 Å². The third-order valence-corrected chi connectivity index (χ3v) is 1.52. The molecule has 0 heterocycles. The van der Waals surface area contributed by atoms with Crippen LogP contribution in [0.2, 0.25) is 0 Å². The Kier molecular flexibility index (Phi) is 5.00. The van der Waals surface area contributed by atoms with Crippen LogP contribution in [0.1, 0.15) is 13.3 Å². The molecule has 0 aromatic carbocycles. The van der Waals surface area contributed by atoms with E-state index in [2.05, 4.69) is 11.2 Å². The first-order chi connectivity index (χ1) is 4.74. The van der Waals surface area contributed by atoms with Gasteiger partial charge in [-0.3, -0.25) is 0 Å². The number of nitrogens with one attached hydrogen (secondary N) is 1. The SMILES string of the molecule is C#CC(CC(C)OC)NC. The molecule has 1 N–H and O–H groups in total. The molecule has 0 radical (unpaired) electrons. The van der Waals surface area contributed by atoms with Gasteiger partial charge in [-0.2, -0.15) is 0 Å². The van der Waals surface area contributed by atoms with Crippen LogP contribution in [-0.4, -0.2) is 26.3 Å². The lowest BCUT2D eigenvalue weighted by atomic mass is 10.1. The number of methoxy groups -OCH3 is 1. The van der Waals surface area contributed by atoms with Crippen molar-refractivity contribution < 1.29 is 4.74 Å². The smallest absolute Gasteiger partial charge is 0.0709 e. The molecule has 0 saturated heterocycles. The topological polar surface area (TPSA) is 21.3 Å². The number of hydrogen-bond donors (Lipinski definition) is 1. The summed E-state index contributed by atoms with van der Waals surface area (Å²) in [7, 11) is 3.54. The van der Waals surface area contributed by atoms with Crippen LogP contribution in [0.4, 0.5) is 0 Å². The first kappa shape index (κ1) is 9.48. The van der Waals surface area contributed by atoms with Crippen molar-refractivity contribution in [1.82, 2.24) is 5.32 Å². The zero-order valence-electron chi connectivity index (χ0n) is 6.85. The third-order valence-electron chi connectivity index (χ3n) is 1.52. The first-order valence-electron chi connectivity index (χ1n) is 3.40. The summed E-state index contributed by atoms with van der Waals surface area (Å²) >= 11 is 0. The highest BCUT2D eigenvalue weighted by Crippen LogP contribution is 1.98. The second-order valence-corrected chi connectivity index (χ2v) is 2.29. The van der Waals surface area contributed by atoms with Crippen molar-refractivity contribution in [2.45, 2.75) is 25.5 Å². The molecule has 0 spiro atoms. The zero-order valence-corrected chi connectivity index (χ0v) is 6.85. The van der Waals surface area contributed by atoms with Gasteiger partial charge in [0.1, 0.15) is 0 Å². The fraction of sp³-hybridized carbons (Fsp3) is 0.750. The van der Waals surface area contributed by atoms with Crippen LogP contribution >= 0.6 is 0 Å².